The molecule has 124 valence electrons. The van der Waals surface area contributed by atoms with E-state index in [1.165, 1.54) is 29.5 Å². The van der Waals surface area contributed by atoms with Crippen LogP contribution in [0.15, 0.2) is 23.6 Å². The SMILES string of the molecule is [B]c1cc(C(=O)N2CCn3c(nnc3-c3nc(Cl)cs3)C2)ccc1F. The Labute approximate surface area is 152 Å². The van der Waals surface area contributed by atoms with Crippen molar-refractivity contribution in [3.05, 3.63) is 45.9 Å². The minimum atomic E-state index is -0.540. The molecule has 0 N–H and O–H groups in total. The average molecular weight is 374 g/mol. The van der Waals surface area contributed by atoms with Gasteiger partial charge in [-0.1, -0.05) is 23.1 Å². The van der Waals surface area contributed by atoms with E-state index in [-0.39, 0.29) is 11.4 Å². The number of thiazole rings is 1. The smallest absolute Gasteiger partial charge is 0.254 e. The number of rotatable bonds is 2. The minimum Gasteiger partial charge on any atom is -0.329 e. The topological polar surface area (TPSA) is 63.9 Å². The van der Waals surface area contributed by atoms with E-state index in [1.807, 2.05) is 4.57 Å². The third-order valence-corrected chi connectivity index (χ3v) is 5.11. The zero-order valence-electron chi connectivity index (χ0n) is 12.8. The third kappa shape index (κ3) is 2.93. The molecule has 2 radical (unpaired) electrons. The van der Waals surface area contributed by atoms with Crippen molar-refractivity contribution < 1.29 is 9.18 Å². The molecule has 1 aromatic carbocycles. The van der Waals surface area contributed by atoms with Gasteiger partial charge < -0.3 is 9.47 Å². The fraction of sp³-hybridized carbons (Fsp3) is 0.200. The van der Waals surface area contributed by atoms with E-state index < -0.39 is 5.82 Å². The van der Waals surface area contributed by atoms with Crippen molar-refractivity contribution in [2.45, 2.75) is 13.1 Å². The van der Waals surface area contributed by atoms with Crippen molar-refractivity contribution in [2.75, 3.05) is 6.54 Å². The van der Waals surface area contributed by atoms with Gasteiger partial charge in [-0.3, -0.25) is 4.79 Å². The van der Waals surface area contributed by atoms with Gasteiger partial charge in [0.25, 0.3) is 5.91 Å². The van der Waals surface area contributed by atoms with Crippen LogP contribution in [0.2, 0.25) is 5.15 Å². The number of hydrogen-bond donors (Lipinski definition) is 0. The molecule has 0 spiro atoms. The van der Waals surface area contributed by atoms with Crippen LogP contribution < -0.4 is 5.46 Å². The maximum Gasteiger partial charge on any atom is 0.254 e. The summed E-state index contributed by atoms with van der Waals surface area (Å²) in [6.07, 6.45) is 0. The second kappa shape index (κ2) is 6.23. The molecule has 6 nitrogen and oxygen atoms in total. The second-order valence-electron chi connectivity index (χ2n) is 5.53. The average Bonchev–Trinajstić information content (AvgIpc) is 3.22. The molecule has 3 heterocycles. The van der Waals surface area contributed by atoms with Crippen LogP contribution in [0.4, 0.5) is 4.39 Å². The van der Waals surface area contributed by atoms with E-state index in [0.717, 1.165) is 0 Å². The Balaban J connectivity index is 1.58. The fourth-order valence-corrected chi connectivity index (χ4v) is 3.64. The summed E-state index contributed by atoms with van der Waals surface area (Å²) in [5, 5.41) is 11.2. The number of aromatic nitrogens is 4. The summed E-state index contributed by atoms with van der Waals surface area (Å²) >= 11 is 7.26. The van der Waals surface area contributed by atoms with Crippen molar-refractivity contribution in [3.63, 3.8) is 0 Å². The van der Waals surface area contributed by atoms with Gasteiger partial charge in [-0.25, -0.2) is 9.37 Å². The number of fused-ring (bicyclic) bond motifs is 1. The predicted molar refractivity (Wildman–Crippen MR) is 92.7 cm³/mol. The zero-order chi connectivity index (χ0) is 17.6. The van der Waals surface area contributed by atoms with Gasteiger partial charge in [-0.2, -0.15) is 0 Å². The Morgan fingerprint density at radius 2 is 2.16 bits per heavy atom. The van der Waals surface area contributed by atoms with Crippen molar-refractivity contribution >= 4 is 42.2 Å². The lowest BCUT2D eigenvalue weighted by molar-refractivity contribution is 0.0708. The number of carbonyl (C=O) groups is 1. The lowest BCUT2D eigenvalue weighted by Crippen LogP contribution is -2.38. The van der Waals surface area contributed by atoms with Gasteiger partial charge in [0.15, 0.2) is 16.7 Å². The first-order chi connectivity index (χ1) is 12.0. The summed E-state index contributed by atoms with van der Waals surface area (Å²) in [6.45, 7) is 1.33. The molecule has 1 aliphatic heterocycles. The summed E-state index contributed by atoms with van der Waals surface area (Å²) in [5.41, 5.74) is 0.299. The van der Waals surface area contributed by atoms with Crippen molar-refractivity contribution in [2.24, 2.45) is 0 Å². The summed E-state index contributed by atoms with van der Waals surface area (Å²) in [5.74, 6) is 0.544. The fourth-order valence-electron chi connectivity index (χ4n) is 2.71. The van der Waals surface area contributed by atoms with Gasteiger partial charge in [0.05, 0.1) is 6.54 Å². The highest BCUT2D eigenvalue weighted by atomic mass is 35.5. The Kier molecular flexibility index (Phi) is 4.05. The lowest BCUT2D eigenvalue weighted by Gasteiger charge is -2.27. The highest BCUT2D eigenvalue weighted by Gasteiger charge is 2.26. The summed E-state index contributed by atoms with van der Waals surface area (Å²) in [6, 6.07) is 3.97. The molecule has 3 aromatic rings. The van der Waals surface area contributed by atoms with Crippen LogP contribution in [0.3, 0.4) is 0 Å². The molecule has 0 atom stereocenters. The van der Waals surface area contributed by atoms with Crippen LogP contribution in [0.1, 0.15) is 16.2 Å². The van der Waals surface area contributed by atoms with Crippen LogP contribution in [0, 0.1) is 5.82 Å². The molecule has 25 heavy (non-hydrogen) atoms. The maximum absolute atomic E-state index is 13.3. The van der Waals surface area contributed by atoms with E-state index in [4.69, 9.17) is 19.4 Å². The molecule has 10 heteroatoms. The number of benzene rings is 1. The van der Waals surface area contributed by atoms with Crippen LogP contribution in [0.25, 0.3) is 10.8 Å². The largest absolute Gasteiger partial charge is 0.329 e. The molecule has 0 saturated heterocycles. The van der Waals surface area contributed by atoms with Gasteiger partial charge in [0.2, 0.25) is 0 Å². The summed E-state index contributed by atoms with van der Waals surface area (Å²) < 4.78 is 15.2. The first kappa shape index (κ1) is 16.2. The molecule has 0 fully saturated rings. The standard InChI is InChI=1S/C15H10BClFN5OS/c16-9-5-8(1-2-10(9)18)15(24)22-3-4-23-12(6-22)20-21-13(23)14-19-11(17)7-25-14/h1-2,5,7H,3-4,6H2. The van der Waals surface area contributed by atoms with Crippen LogP contribution in [-0.4, -0.2) is 44.9 Å². The van der Waals surface area contributed by atoms with Crippen molar-refractivity contribution in [1.82, 2.24) is 24.6 Å². The van der Waals surface area contributed by atoms with Gasteiger partial charge >= 0.3 is 0 Å². The third-order valence-electron chi connectivity index (χ3n) is 3.95. The predicted octanol–water partition coefficient (Wildman–Crippen LogP) is 1.64. The first-order valence-electron chi connectivity index (χ1n) is 7.40. The zero-order valence-corrected chi connectivity index (χ0v) is 14.4. The Bertz CT molecular complexity index is 975. The summed E-state index contributed by atoms with van der Waals surface area (Å²) in [4.78, 5) is 18.5. The molecule has 4 rings (SSSR count). The summed E-state index contributed by atoms with van der Waals surface area (Å²) in [7, 11) is 5.55. The molecular weight excluding hydrogens is 364 g/mol. The van der Waals surface area contributed by atoms with Gasteiger partial charge in [-0.05, 0) is 12.1 Å². The normalized spacial score (nSPS) is 13.8. The Morgan fingerprint density at radius 1 is 1.32 bits per heavy atom. The van der Waals surface area contributed by atoms with E-state index in [1.54, 1.807) is 10.3 Å². The van der Waals surface area contributed by atoms with Gasteiger partial charge in [-0.15, -0.1) is 21.5 Å². The second-order valence-corrected chi connectivity index (χ2v) is 6.78. The Hall–Kier alpha value is -2.26. The van der Waals surface area contributed by atoms with Gasteiger partial charge in [0, 0.05) is 24.0 Å². The first-order valence-corrected chi connectivity index (χ1v) is 8.66. The van der Waals surface area contributed by atoms with Crippen LogP contribution in [0.5, 0.6) is 0 Å². The van der Waals surface area contributed by atoms with Crippen LogP contribution >= 0.6 is 22.9 Å². The van der Waals surface area contributed by atoms with E-state index >= 15 is 0 Å². The number of hydrogen-bond acceptors (Lipinski definition) is 5. The quantitative estimate of drug-likeness (QED) is 0.641. The van der Waals surface area contributed by atoms with Crippen LogP contribution in [-0.2, 0) is 13.1 Å². The monoisotopic (exact) mass is 373 g/mol. The lowest BCUT2D eigenvalue weighted by atomic mass is 9.93. The number of amides is 1. The van der Waals surface area contributed by atoms with E-state index in [0.29, 0.717) is 47.0 Å². The Morgan fingerprint density at radius 3 is 2.88 bits per heavy atom. The van der Waals surface area contributed by atoms with Crippen molar-refractivity contribution in [1.29, 1.82) is 0 Å². The molecule has 0 unspecified atom stereocenters. The molecule has 0 bridgehead atoms. The molecule has 2 aromatic heterocycles. The molecule has 1 amide bonds. The van der Waals surface area contributed by atoms with E-state index in [9.17, 15) is 9.18 Å². The minimum absolute atomic E-state index is 0.0473. The van der Waals surface area contributed by atoms with Crippen molar-refractivity contribution in [3.8, 4) is 10.8 Å². The molecular formula is C15H10BClFN5OS. The highest BCUT2D eigenvalue weighted by molar-refractivity contribution is 7.13. The molecule has 0 aliphatic carbocycles. The number of nitrogens with zero attached hydrogens (tertiary/aromatic N) is 5. The van der Waals surface area contributed by atoms with E-state index in [2.05, 4.69) is 15.2 Å². The number of carbonyl (C=O) groups excluding carboxylic acids is 1. The molecule has 0 saturated carbocycles. The van der Waals surface area contributed by atoms with Gasteiger partial charge in [0.1, 0.15) is 18.8 Å². The maximum atomic E-state index is 13.3. The number of halogens is 2. The molecule has 1 aliphatic rings. The highest BCUT2D eigenvalue weighted by Crippen LogP contribution is 2.26.